The van der Waals surface area contributed by atoms with Gasteiger partial charge in [0.25, 0.3) is 5.56 Å². The van der Waals surface area contributed by atoms with Gasteiger partial charge in [-0.15, -0.1) is 0 Å². The van der Waals surface area contributed by atoms with Crippen molar-refractivity contribution in [1.82, 2.24) is 19.5 Å². The van der Waals surface area contributed by atoms with Gasteiger partial charge in [-0.3, -0.25) is 14.3 Å². The average Bonchev–Trinajstić information content (AvgIpc) is 3.26. The molecule has 14 nitrogen and oxygen atoms in total. The Labute approximate surface area is 179 Å². The minimum absolute atomic E-state index is 0.0231. The van der Waals surface area contributed by atoms with Crippen LogP contribution in [0.1, 0.15) is 11.8 Å². The Morgan fingerprint density at radius 3 is 2.84 bits per heavy atom. The van der Waals surface area contributed by atoms with Crippen LogP contribution >= 0.6 is 0 Å². The van der Waals surface area contributed by atoms with Crippen LogP contribution in [0.25, 0.3) is 11.2 Å². The van der Waals surface area contributed by atoms with Crippen LogP contribution in [0.3, 0.4) is 0 Å². The number of methoxy groups -OCH3 is 1. The van der Waals surface area contributed by atoms with E-state index in [1.54, 1.807) is 12.1 Å². The first-order chi connectivity index (χ1) is 15.3. The summed E-state index contributed by atoms with van der Waals surface area (Å²) in [6.07, 6.45) is -3.75. The predicted molar refractivity (Wildman–Crippen MR) is 111 cm³/mol. The highest BCUT2D eigenvalue weighted by molar-refractivity contribution is 5.82. The number of aliphatic hydroxyl groups excluding tert-OH is 3. The highest BCUT2D eigenvalue weighted by Crippen LogP contribution is 2.34. The van der Waals surface area contributed by atoms with Crippen LogP contribution in [-0.4, -0.2) is 78.2 Å². The molecule has 3 aromatic rings. The predicted octanol–water partition coefficient (Wildman–Crippen LogP) is -1.53. The third-order valence-electron chi connectivity index (χ3n) is 4.92. The number of ether oxygens (including phenoxy) is 2. The second-order valence-electron chi connectivity index (χ2n) is 6.96. The summed E-state index contributed by atoms with van der Waals surface area (Å²) in [7, 11) is 1.41. The molecule has 0 bridgehead atoms. The lowest BCUT2D eigenvalue weighted by Gasteiger charge is -2.18. The van der Waals surface area contributed by atoms with Gasteiger partial charge in [0.15, 0.2) is 28.9 Å². The summed E-state index contributed by atoms with van der Waals surface area (Å²) in [5.74, 6) is -0.0207. The Morgan fingerprint density at radius 2 is 2.16 bits per heavy atom. The van der Waals surface area contributed by atoms with E-state index in [2.05, 4.69) is 25.5 Å². The van der Waals surface area contributed by atoms with Gasteiger partial charge in [0.05, 0.1) is 19.9 Å². The maximum atomic E-state index is 12.3. The molecule has 1 aromatic carbocycles. The van der Waals surface area contributed by atoms with E-state index in [0.717, 1.165) is 0 Å². The molecule has 0 aliphatic carbocycles. The lowest BCUT2D eigenvalue weighted by molar-refractivity contribution is -0.0501. The number of aliphatic hydroxyl groups is 3. The van der Waals surface area contributed by atoms with Gasteiger partial charge in [-0.25, -0.2) is 10.4 Å². The fraction of sp³-hybridized carbons (Fsp3) is 0.333. The van der Waals surface area contributed by atoms with Crippen molar-refractivity contribution in [2.75, 3.05) is 24.9 Å². The van der Waals surface area contributed by atoms with E-state index in [1.807, 2.05) is 0 Å². The number of anilines is 2. The number of nitrogens with two attached hydrogens (primary N) is 1. The van der Waals surface area contributed by atoms with Gasteiger partial charge < -0.3 is 35.6 Å². The van der Waals surface area contributed by atoms with E-state index in [0.29, 0.717) is 5.56 Å². The maximum Gasteiger partial charge on any atom is 0.280 e. The lowest BCUT2D eigenvalue weighted by Crippen LogP contribution is -2.33. The van der Waals surface area contributed by atoms with E-state index in [1.165, 1.54) is 24.0 Å². The summed E-state index contributed by atoms with van der Waals surface area (Å²) in [5, 5.41) is 43.7. The largest absolute Gasteiger partial charge is 0.504 e. The summed E-state index contributed by atoms with van der Waals surface area (Å²) in [6.45, 7) is -0.541. The Bertz CT molecular complexity index is 1220. The van der Waals surface area contributed by atoms with Crippen molar-refractivity contribution >= 4 is 29.3 Å². The molecule has 0 saturated carbocycles. The zero-order valence-corrected chi connectivity index (χ0v) is 16.7. The molecule has 0 spiro atoms. The number of nitrogens with one attached hydrogen (secondary N) is 2. The number of rotatable bonds is 6. The van der Waals surface area contributed by atoms with E-state index in [4.69, 9.17) is 15.2 Å². The van der Waals surface area contributed by atoms with Gasteiger partial charge in [0, 0.05) is 0 Å². The van der Waals surface area contributed by atoms with Crippen LogP contribution in [-0.2, 0) is 4.74 Å². The minimum atomic E-state index is -1.46. The van der Waals surface area contributed by atoms with E-state index in [9.17, 15) is 25.2 Å². The molecular weight excluding hydrogens is 426 g/mol. The Hall–Kier alpha value is -3.72. The fourth-order valence-electron chi connectivity index (χ4n) is 3.35. The molecule has 4 rings (SSSR count). The molecule has 8 N–H and O–H groups in total. The van der Waals surface area contributed by atoms with Crippen molar-refractivity contribution in [2.45, 2.75) is 24.5 Å². The fourth-order valence-corrected chi connectivity index (χ4v) is 3.35. The second kappa shape index (κ2) is 8.43. The number of phenols is 1. The molecule has 0 unspecified atom stereocenters. The highest BCUT2D eigenvalue weighted by Gasteiger charge is 2.45. The first-order valence-electron chi connectivity index (χ1n) is 9.40. The smallest absolute Gasteiger partial charge is 0.280 e. The van der Waals surface area contributed by atoms with E-state index < -0.39 is 36.7 Å². The topological polar surface area (TPSA) is 213 Å². The summed E-state index contributed by atoms with van der Waals surface area (Å²) >= 11 is 0. The van der Waals surface area contributed by atoms with Gasteiger partial charge in [-0.2, -0.15) is 10.1 Å². The summed E-state index contributed by atoms with van der Waals surface area (Å²) in [5.41, 5.74) is 8.10. The summed E-state index contributed by atoms with van der Waals surface area (Å²) in [6, 6.07) is 4.56. The first-order valence-corrected chi connectivity index (χ1v) is 9.40. The number of hydrogen-bond acceptors (Lipinski definition) is 12. The summed E-state index contributed by atoms with van der Waals surface area (Å²) in [4.78, 5) is 22.8. The molecule has 1 fully saturated rings. The van der Waals surface area contributed by atoms with Crippen molar-refractivity contribution in [1.29, 1.82) is 0 Å². The molecule has 1 aliphatic heterocycles. The van der Waals surface area contributed by atoms with Crippen LogP contribution in [0.15, 0.2) is 28.1 Å². The van der Waals surface area contributed by atoms with Gasteiger partial charge in [-0.1, -0.05) is 0 Å². The van der Waals surface area contributed by atoms with Crippen molar-refractivity contribution in [3.05, 3.63) is 34.1 Å². The molecule has 0 radical (unpaired) electrons. The van der Waals surface area contributed by atoms with E-state index >= 15 is 0 Å². The number of aromatic nitrogens is 4. The number of hydrazone groups is 1. The van der Waals surface area contributed by atoms with Crippen LogP contribution in [0.2, 0.25) is 0 Å². The highest BCUT2D eigenvalue weighted by atomic mass is 16.6. The first kappa shape index (κ1) is 21.5. The van der Waals surface area contributed by atoms with Crippen LogP contribution in [0.4, 0.5) is 11.9 Å². The number of fused-ring (bicyclic) bond motifs is 1. The monoisotopic (exact) mass is 447 g/mol. The number of hydrogen-bond donors (Lipinski definition) is 7. The molecule has 1 aliphatic rings. The molecule has 3 heterocycles. The van der Waals surface area contributed by atoms with Crippen molar-refractivity contribution < 1.29 is 29.9 Å². The number of H-pyrrole nitrogens is 1. The number of aromatic hydroxyl groups is 1. The number of nitrogen functional groups attached to an aromatic ring is 1. The average molecular weight is 447 g/mol. The molecule has 1 saturated heterocycles. The molecule has 4 atom stereocenters. The third kappa shape index (κ3) is 3.71. The van der Waals surface area contributed by atoms with Crippen molar-refractivity contribution in [3.8, 4) is 11.5 Å². The normalized spacial score (nSPS) is 23.2. The van der Waals surface area contributed by atoms with Crippen LogP contribution in [0, 0.1) is 0 Å². The van der Waals surface area contributed by atoms with Crippen LogP contribution < -0.4 is 21.5 Å². The van der Waals surface area contributed by atoms with Crippen LogP contribution in [0.5, 0.6) is 11.5 Å². The Morgan fingerprint density at radius 1 is 1.38 bits per heavy atom. The molecule has 170 valence electrons. The molecule has 0 amide bonds. The third-order valence-corrected chi connectivity index (χ3v) is 4.92. The molecule has 32 heavy (non-hydrogen) atoms. The Kier molecular flexibility index (Phi) is 5.67. The number of nitrogens with zero attached hydrogens (tertiary/aromatic N) is 4. The molecule has 2 aromatic heterocycles. The summed E-state index contributed by atoms with van der Waals surface area (Å²) < 4.78 is 11.8. The number of imidazole rings is 1. The zero-order valence-electron chi connectivity index (χ0n) is 16.7. The second-order valence-corrected chi connectivity index (χ2v) is 6.96. The number of phenolic OH excluding ortho intramolecular Hbond substituents is 1. The quantitative estimate of drug-likeness (QED) is 0.170. The van der Waals surface area contributed by atoms with Crippen molar-refractivity contribution in [3.63, 3.8) is 0 Å². The maximum absolute atomic E-state index is 12.3. The van der Waals surface area contributed by atoms with Gasteiger partial charge in [0.1, 0.15) is 18.3 Å². The van der Waals surface area contributed by atoms with Gasteiger partial charge in [-0.05, 0) is 23.8 Å². The van der Waals surface area contributed by atoms with Crippen molar-refractivity contribution in [2.24, 2.45) is 5.10 Å². The zero-order chi connectivity index (χ0) is 23.0. The van der Waals surface area contributed by atoms with Gasteiger partial charge in [0.2, 0.25) is 11.9 Å². The van der Waals surface area contributed by atoms with E-state index in [-0.39, 0.29) is 34.6 Å². The van der Waals surface area contributed by atoms with Gasteiger partial charge >= 0.3 is 0 Å². The minimum Gasteiger partial charge on any atom is -0.504 e. The standard InChI is InChI=1S/C18H21N7O7/c1-31-9-4-7(2-3-8(9)27)5-20-24-18-21-11-14(22-17(19)23-15(11)30)25(18)16-13(29)12(28)10(6-26)32-16/h2-5,10,12-13,16,26-29H,6H2,1H3,(H,21,24)(H3,19,22,23,30)/b20-5-/t10-,12+,13-,16-/m1/s1. The molecular formula is C18H21N7O7. The molecule has 14 heteroatoms. The Balaban J connectivity index is 1.73. The SMILES string of the molecule is COc1cc(/C=N\Nc2nc3c(=O)[nH]c(N)nc3n2[C@@H]2O[C@H](CO)[C@H](O)[C@H]2O)ccc1O. The number of benzene rings is 1. The number of aromatic amines is 1. The lowest BCUT2D eigenvalue weighted by atomic mass is 10.1.